The molecule has 1 heterocycles. The highest BCUT2D eigenvalue weighted by atomic mass is 16.4. The van der Waals surface area contributed by atoms with Crippen molar-refractivity contribution in [1.29, 1.82) is 0 Å². The molecule has 0 amide bonds. The topological polar surface area (TPSA) is 62.2 Å². The molecular weight excluding hydrogens is 264 g/mol. The van der Waals surface area contributed by atoms with Gasteiger partial charge in [0.2, 0.25) is 0 Å². The minimum Gasteiger partial charge on any atom is -0.477 e. The van der Waals surface area contributed by atoms with E-state index in [9.17, 15) is 9.90 Å². The Labute approximate surface area is 123 Å². The molecule has 0 spiro atoms. The van der Waals surface area contributed by atoms with E-state index >= 15 is 0 Å². The van der Waals surface area contributed by atoms with Crippen molar-refractivity contribution in [3.63, 3.8) is 0 Å². The summed E-state index contributed by atoms with van der Waals surface area (Å²) in [4.78, 5) is 15.4. The Morgan fingerprint density at radius 2 is 2.19 bits per heavy atom. The number of aromatic carboxylic acids is 1. The lowest BCUT2D eigenvalue weighted by Gasteiger charge is -2.19. The molecule has 21 heavy (non-hydrogen) atoms. The molecule has 1 unspecified atom stereocenters. The third-order valence-electron chi connectivity index (χ3n) is 3.89. The van der Waals surface area contributed by atoms with Crippen LogP contribution in [0.4, 0.5) is 5.69 Å². The lowest BCUT2D eigenvalue weighted by atomic mass is 9.94. The minimum atomic E-state index is -0.996. The van der Waals surface area contributed by atoms with Crippen molar-refractivity contribution in [2.75, 3.05) is 11.9 Å². The third kappa shape index (κ3) is 3.05. The summed E-state index contributed by atoms with van der Waals surface area (Å²) in [7, 11) is 0. The molecule has 2 aromatic rings. The van der Waals surface area contributed by atoms with Crippen LogP contribution in [-0.2, 0) is 0 Å². The van der Waals surface area contributed by atoms with E-state index in [2.05, 4.69) is 22.5 Å². The largest absolute Gasteiger partial charge is 0.477 e. The van der Waals surface area contributed by atoms with Gasteiger partial charge < -0.3 is 10.4 Å². The first-order valence-corrected chi connectivity index (χ1v) is 7.26. The Kier molecular flexibility index (Phi) is 3.86. The van der Waals surface area contributed by atoms with E-state index in [-0.39, 0.29) is 5.69 Å². The van der Waals surface area contributed by atoms with E-state index in [1.54, 1.807) is 6.07 Å². The fraction of sp³-hybridized carbons (Fsp3) is 0.294. The Morgan fingerprint density at radius 1 is 1.33 bits per heavy atom. The number of nitrogens with one attached hydrogen (secondary N) is 1. The van der Waals surface area contributed by atoms with Crippen LogP contribution < -0.4 is 5.32 Å². The van der Waals surface area contributed by atoms with Crippen LogP contribution in [-0.4, -0.2) is 22.6 Å². The predicted octanol–water partition coefficient (Wildman–Crippen LogP) is 3.70. The second-order valence-electron chi connectivity index (χ2n) is 5.41. The maximum atomic E-state index is 11.2. The Bertz CT molecular complexity index is 694. The number of carbonyl (C=O) groups is 1. The van der Waals surface area contributed by atoms with E-state index in [1.807, 2.05) is 24.3 Å². The minimum absolute atomic E-state index is 0.0831. The second-order valence-corrected chi connectivity index (χ2v) is 5.41. The third-order valence-corrected chi connectivity index (χ3v) is 3.89. The first-order chi connectivity index (χ1) is 10.2. The number of fused-ring (bicyclic) bond motifs is 1. The number of rotatable bonds is 4. The summed E-state index contributed by atoms with van der Waals surface area (Å²) >= 11 is 0. The van der Waals surface area contributed by atoms with Gasteiger partial charge in [-0.25, -0.2) is 9.78 Å². The van der Waals surface area contributed by atoms with Crippen LogP contribution in [0.3, 0.4) is 0 Å². The van der Waals surface area contributed by atoms with E-state index in [4.69, 9.17) is 0 Å². The monoisotopic (exact) mass is 282 g/mol. The molecule has 108 valence electrons. The van der Waals surface area contributed by atoms with Crippen molar-refractivity contribution < 1.29 is 9.90 Å². The molecular formula is C17H18N2O2. The highest BCUT2D eigenvalue weighted by Crippen LogP contribution is 2.25. The average Bonchev–Trinajstić information content (AvgIpc) is 2.53. The van der Waals surface area contributed by atoms with Crippen molar-refractivity contribution in [1.82, 2.24) is 4.98 Å². The lowest BCUT2D eigenvalue weighted by Crippen LogP contribution is -2.16. The summed E-state index contributed by atoms with van der Waals surface area (Å²) in [5, 5.41) is 13.6. The summed E-state index contributed by atoms with van der Waals surface area (Å²) in [5.74, 6) is -0.389. The number of hydrogen-bond donors (Lipinski definition) is 2. The van der Waals surface area contributed by atoms with Crippen LogP contribution in [0.15, 0.2) is 42.5 Å². The Morgan fingerprint density at radius 3 is 2.95 bits per heavy atom. The average molecular weight is 282 g/mol. The number of nitrogens with zero attached hydrogens (tertiary/aromatic N) is 1. The van der Waals surface area contributed by atoms with Gasteiger partial charge in [0, 0.05) is 17.6 Å². The standard InChI is InChI=1S/C17H18N2O2/c20-17(21)16-10-15(13-8-4-5-9-14(13)19-16)18-11-12-6-2-1-3-7-12/h1-2,4-5,8-10,12H,3,6-7,11H2,(H,18,19)(H,20,21). The molecule has 1 aliphatic rings. The highest BCUT2D eigenvalue weighted by molar-refractivity contribution is 5.97. The molecule has 2 N–H and O–H groups in total. The molecule has 0 aliphatic heterocycles. The van der Waals surface area contributed by atoms with E-state index in [0.717, 1.165) is 30.5 Å². The first kappa shape index (κ1) is 13.6. The molecule has 0 fully saturated rings. The molecule has 0 bridgehead atoms. The van der Waals surface area contributed by atoms with Crippen molar-refractivity contribution in [3.8, 4) is 0 Å². The maximum absolute atomic E-state index is 11.2. The molecule has 4 nitrogen and oxygen atoms in total. The van der Waals surface area contributed by atoms with E-state index in [0.29, 0.717) is 11.4 Å². The molecule has 3 rings (SSSR count). The van der Waals surface area contributed by atoms with Gasteiger partial charge in [-0.15, -0.1) is 0 Å². The van der Waals surface area contributed by atoms with Crippen LogP contribution in [0.25, 0.3) is 10.9 Å². The number of carboxylic acids is 1. The fourth-order valence-corrected chi connectivity index (χ4v) is 2.73. The van der Waals surface area contributed by atoms with Gasteiger partial charge in [0.1, 0.15) is 0 Å². The molecule has 1 atom stereocenters. The van der Waals surface area contributed by atoms with Gasteiger partial charge >= 0.3 is 5.97 Å². The zero-order valence-electron chi connectivity index (χ0n) is 11.7. The number of carboxylic acid groups (broad SMARTS) is 1. The summed E-state index contributed by atoms with van der Waals surface area (Å²) in [6, 6.07) is 9.26. The second kappa shape index (κ2) is 5.95. The molecule has 1 aromatic heterocycles. The number of benzene rings is 1. The van der Waals surface area contributed by atoms with Crippen LogP contribution in [0.1, 0.15) is 29.8 Å². The van der Waals surface area contributed by atoms with Crippen molar-refractivity contribution >= 4 is 22.6 Å². The molecule has 0 saturated heterocycles. The predicted molar refractivity (Wildman–Crippen MR) is 83.7 cm³/mol. The smallest absolute Gasteiger partial charge is 0.354 e. The van der Waals surface area contributed by atoms with Gasteiger partial charge in [0.05, 0.1) is 5.52 Å². The molecule has 0 saturated carbocycles. The fourth-order valence-electron chi connectivity index (χ4n) is 2.73. The van der Waals surface area contributed by atoms with E-state index in [1.165, 1.54) is 6.42 Å². The SMILES string of the molecule is O=C(O)c1cc(NCC2CC=CCC2)c2ccccc2n1. The Hall–Kier alpha value is -2.36. The van der Waals surface area contributed by atoms with Gasteiger partial charge in [-0.05, 0) is 37.3 Å². The number of pyridine rings is 1. The van der Waals surface area contributed by atoms with Crippen LogP contribution >= 0.6 is 0 Å². The number of anilines is 1. The highest BCUT2D eigenvalue weighted by Gasteiger charge is 2.13. The molecule has 4 heteroatoms. The van der Waals surface area contributed by atoms with Crippen molar-refractivity contribution in [2.45, 2.75) is 19.3 Å². The number of aromatic nitrogens is 1. The van der Waals surface area contributed by atoms with Crippen molar-refractivity contribution in [3.05, 3.63) is 48.2 Å². The number of allylic oxidation sites excluding steroid dienone is 2. The first-order valence-electron chi connectivity index (χ1n) is 7.26. The zero-order chi connectivity index (χ0) is 14.7. The number of para-hydroxylation sites is 1. The summed E-state index contributed by atoms with van der Waals surface area (Å²) < 4.78 is 0. The molecule has 1 aromatic carbocycles. The summed E-state index contributed by atoms with van der Waals surface area (Å²) in [6.45, 7) is 0.859. The van der Waals surface area contributed by atoms with E-state index < -0.39 is 5.97 Å². The Balaban J connectivity index is 1.88. The molecule has 0 radical (unpaired) electrons. The van der Waals surface area contributed by atoms with Gasteiger partial charge in [0.25, 0.3) is 0 Å². The quantitative estimate of drug-likeness (QED) is 0.839. The van der Waals surface area contributed by atoms with Crippen LogP contribution in [0.5, 0.6) is 0 Å². The van der Waals surface area contributed by atoms with Crippen LogP contribution in [0.2, 0.25) is 0 Å². The van der Waals surface area contributed by atoms with Gasteiger partial charge in [-0.3, -0.25) is 0 Å². The maximum Gasteiger partial charge on any atom is 0.354 e. The van der Waals surface area contributed by atoms with Gasteiger partial charge in [-0.2, -0.15) is 0 Å². The van der Waals surface area contributed by atoms with Gasteiger partial charge in [-0.1, -0.05) is 30.4 Å². The lowest BCUT2D eigenvalue weighted by molar-refractivity contribution is 0.0691. The van der Waals surface area contributed by atoms with Crippen molar-refractivity contribution in [2.24, 2.45) is 5.92 Å². The molecule has 1 aliphatic carbocycles. The zero-order valence-corrected chi connectivity index (χ0v) is 11.7. The normalized spacial score (nSPS) is 17.8. The summed E-state index contributed by atoms with van der Waals surface area (Å²) in [6.07, 6.45) is 7.84. The summed E-state index contributed by atoms with van der Waals surface area (Å²) in [5.41, 5.74) is 1.65. The van der Waals surface area contributed by atoms with Crippen LogP contribution in [0, 0.1) is 5.92 Å². The van der Waals surface area contributed by atoms with Gasteiger partial charge in [0.15, 0.2) is 5.69 Å². The number of hydrogen-bond acceptors (Lipinski definition) is 3.